The van der Waals surface area contributed by atoms with Crippen molar-refractivity contribution < 1.29 is 4.79 Å². The van der Waals surface area contributed by atoms with Crippen LogP contribution in [0.2, 0.25) is 0 Å². The molecule has 5 nitrogen and oxygen atoms in total. The van der Waals surface area contributed by atoms with Gasteiger partial charge in [0.1, 0.15) is 5.82 Å². The number of rotatable bonds is 2. The second kappa shape index (κ2) is 7.32. The molecule has 0 saturated carbocycles. The van der Waals surface area contributed by atoms with Crippen LogP contribution in [0.15, 0.2) is 18.3 Å². The maximum Gasteiger partial charge on any atom is 0.255 e. The van der Waals surface area contributed by atoms with Gasteiger partial charge in [0.15, 0.2) is 0 Å². The third-order valence-electron chi connectivity index (χ3n) is 6.41. The highest BCUT2D eigenvalue weighted by atomic mass is 16.2. The minimum absolute atomic E-state index is 0.152. The molecule has 2 atom stereocenters. The van der Waals surface area contributed by atoms with Crippen molar-refractivity contribution in [2.45, 2.75) is 32.6 Å². The molecule has 5 heteroatoms. The van der Waals surface area contributed by atoms with Gasteiger partial charge in [-0.2, -0.15) is 0 Å². The second-order valence-corrected chi connectivity index (χ2v) is 8.12. The summed E-state index contributed by atoms with van der Waals surface area (Å²) in [6.07, 6.45) is 6.49. The molecule has 0 radical (unpaired) electrons. The molecule has 4 heterocycles. The summed E-state index contributed by atoms with van der Waals surface area (Å²) in [4.78, 5) is 21.8. The molecule has 3 aliphatic rings. The first-order valence-electron chi connectivity index (χ1n) is 9.91. The van der Waals surface area contributed by atoms with Gasteiger partial charge in [-0.25, -0.2) is 4.98 Å². The lowest BCUT2D eigenvalue weighted by Gasteiger charge is -2.31. The minimum atomic E-state index is 0.152. The molecule has 136 valence electrons. The zero-order valence-corrected chi connectivity index (χ0v) is 15.3. The van der Waals surface area contributed by atoms with E-state index >= 15 is 0 Å². The average molecular weight is 342 g/mol. The van der Waals surface area contributed by atoms with Crippen LogP contribution in [0.4, 0.5) is 5.82 Å². The van der Waals surface area contributed by atoms with E-state index in [4.69, 9.17) is 0 Å². The summed E-state index contributed by atoms with van der Waals surface area (Å²) in [7, 11) is 0. The number of hydrogen-bond donors (Lipinski definition) is 1. The molecule has 3 aliphatic heterocycles. The monoisotopic (exact) mass is 342 g/mol. The maximum absolute atomic E-state index is 12.9. The highest BCUT2D eigenvalue weighted by molar-refractivity contribution is 5.94. The molecule has 1 amide bonds. The van der Waals surface area contributed by atoms with Gasteiger partial charge in [0, 0.05) is 32.4 Å². The standard InChI is InChI=1S/C20H30N4O/c1-15-4-8-23(9-5-15)19-3-2-18(14-22-19)20(25)24-10-6-16-12-21-13-17(16)7-11-24/h2-3,14-17,21H,4-13H2,1H3/t16-,17+. The predicted molar refractivity (Wildman–Crippen MR) is 99.8 cm³/mol. The largest absolute Gasteiger partial charge is 0.357 e. The SMILES string of the molecule is CC1CCN(c2ccc(C(=O)N3CC[C@@H]4CNC[C@@H]4CC3)cn2)CC1. The molecular weight excluding hydrogens is 312 g/mol. The van der Waals surface area contributed by atoms with Gasteiger partial charge in [-0.05, 0) is 68.7 Å². The maximum atomic E-state index is 12.9. The van der Waals surface area contributed by atoms with E-state index in [2.05, 4.69) is 22.1 Å². The summed E-state index contributed by atoms with van der Waals surface area (Å²) in [5, 5.41) is 3.49. The highest BCUT2D eigenvalue weighted by Crippen LogP contribution is 2.28. The Morgan fingerprint density at radius 2 is 1.72 bits per heavy atom. The van der Waals surface area contributed by atoms with Crippen molar-refractivity contribution in [1.29, 1.82) is 0 Å². The fraction of sp³-hybridized carbons (Fsp3) is 0.700. The minimum Gasteiger partial charge on any atom is -0.357 e. The van der Waals surface area contributed by atoms with Crippen molar-refractivity contribution in [1.82, 2.24) is 15.2 Å². The van der Waals surface area contributed by atoms with E-state index in [1.165, 1.54) is 12.8 Å². The van der Waals surface area contributed by atoms with E-state index in [0.29, 0.717) is 0 Å². The van der Waals surface area contributed by atoms with Crippen LogP contribution >= 0.6 is 0 Å². The summed E-state index contributed by atoms with van der Waals surface area (Å²) in [5.74, 6) is 3.48. The van der Waals surface area contributed by atoms with Gasteiger partial charge >= 0.3 is 0 Å². The number of amides is 1. The Balaban J connectivity index is 1.38. The van der Waals surface area contributed by atoms with Crippen molar-refractivity contribution in [2.24, 2.45) is 17.8 Å². The van der Waals surface area contributed by atoms with Gasteiger partial charge < -0.3 is 15.1 Å². The predicted octanol–water partition coefficient (Wildman–Crippen LogP) is 2.39. The van der Waals surface area contributed by atoms with E-state index in [9.17, 15) is 4.79 Å². The number of hydrogen-bond acceptors (Lipinski definition) is 4. The van der Waals surface area contributed by atoms with Crippen molar-refractivity contribution in [2.75, 3.05) is 44.2 Å². The summed E-state index contributed by atoms with van der Waals surface area (Å²) < 4.78 is 0. The van der Waals surface area contributed by atoms with Crippen molar-refractivity contribution in [3.8, 4) is 0 Å². The topological polar surface area (TPSA) is 48.5 Å². The zero-order valence-electron chi connectivity index (χ0n) is 15.3. The summed E-state index contributed by atoms with van der Waals surface area (Å²) in [6.45, 7) is 8.47. The van der Waals surface area contributed by atoms with Gasteiger partial charge in [0.05, 0.1) is 5.56 Å². The summed E-state index contributed by atoms with van der Waals surface area (Å²) in [5.41, 5.74) is 0.735. The molecule has 0 bridgehead atoms. The smallest absolute Gasteiger partial charge is 0.255 e. The summed E-state index contributed by atoms with van der Waals surface area (Å²) >= 11 is 0. The zero-order chi connectivity index (χ0) is 17.2. The lowest BCUT2D eigenvalue weighted by atomic mass is 9.92. The number of aromatic nitrogens is 1. The van der Waals surface area contributed by atoms with Gasteiger partial charge in [0.2, 0.25) is 0 Å². The Morgan fingerprint density at radius 3 is 2.32 bits per heavy atom. The van der Waals surface area contributed by atoms with Crippen molar-refractivity contribution in [3.05, 3.63) is 23.9 Å². The van der Waals surface area contributed by atoms with Crippen molar-refractivity contribution in [3.63, 3.8) is 0 Å². The number of piperidine rings is 1. The molecule has 1 N–H and O–H groups in total. The Morgan fingerprint density at radius 1 is 1.04 bits per heavy atom. The first-order valence-corrected chi connectivity index (χ1v) is 9.91. The highest BCUT2D eigenvalue weighted by Gasteiger charge is 2.31. The third kappa shape index (κ3) is 3.66. The molecule has 25 heavy (non-hydrogen) atoms. The third-order valence-corrected chi connectivity index (χ3v) is 6.41. The van der Waals surface area contributed by atoms with Crippen LogP contribution in [0.25, 0.3) is 0 Å². The van der Waals surface area contributed by atoms with Crippen molar-refractivity contribution >= 4 is 11.7 Å². The van der Waals surface area contributed by atoms with Crippen LogP contribution < -0.4 is 10.2 Å². The number of anilines is 1. The molecule has 3 fully saturated rings. The lowest BCUT2D eigenvalue weighted by molar-refractivity contribution is 0.0758. The Hall–Kier alpha value is -1.62. The second-order valence-electron chi connectivity index (χ2n) is 8.12. The average Bonchev–Trinajstić information content (AvgIpc) is 3.00. The number of nitrogens with one attached hydrogen (secondary N) is 1. The molecule has 0 unspecified atom stereocenters. The summed E-state index contributed by atoms with van der Waals surface area (Å²) in [6, 6.07) is 4.00. The number of carbonyl (C=O) groups is 1. The number of likely N-dealkylation sites (tertiary alicyclic amines) is 1. The van der Waals surface area contributed by atoms with Gasteiger partial charge in [-0.15, -0.1) is 0 Å². The van der Waals surface area contributed by atoms with E-state index in [1.54, 1.807) is 6.20 Å². The molecule has 3 saturated heterocycles. The molecule has 4 rings (SSSR count). The van der Waals surface area contributed by atoms with E-state index in [1.807, 2.05) is 17.0 Å². The number of carbonyl (C=O) groups excluding carboxylic acids is 1. The van der Waals surface area contributed by atoms with E-state index in [0.717, 1.165) is 81.2 Å². The number of pyridine rings is 1. The van der Waals surface area contributed by atoms with Crippen LogP contribution in [0.3, 0.4) is 0 Å². The van der Waals surface area contributed by atoms with Gasteiger partial charge in [-0.3, -0.25) is 4.79 Å². The van der Waals surface area contributed by atoms with Crippen LogP contribution in [-0.2, 0) is 0 Å². The fourth-order valence-corrected chi connectivity index (χ4v) is 4.54. The molecule has 1 aromatic rings. The first kappa shape index (κ1) is 16.8. The van der Waals surface area contributed by atoms with Gasteiger partial charge in [0.25, 0.3) is 5.91 Å². The van der Waals surface area contributed by atoms with Crippen LogP contribution in [0.5, 0.6) is 0 Å². The Kier molecular flexibility index (Phi) is 4.93. The van der Waals surface area contributed by atoms with E-state index in [-0.39, 0.29) is 5.91 Å². The van der Waals surface area contributed by atoms with E-state index < -0.39 is 0 Å². The normalized spacial score (nSPS) is 27.9. The molecule has 0 aromatic carbocycles. The first-order chi connectivity index (χ1) is 12.2. The number of nitrogens with zero attached hydrogens (tertiary/aromatic N) is 3. The van der Waals surface area contributed by atoms with Crippen LogP contribution in [-0.4, -0.2) is 55.1 Å². The van der Waals surface area contributed by atoms with Crippen LogP contribution in [0.1, 0.15) is 43.0 Å². The quantitative estimate of drug-likeness (QED) is 0.896. The molecule has 0 aliphatic carbocycles. The molecule has 1 aromatic heterocycles. The number of fused-ring (bicyclic) bond motifs is 1. The Labute approximate surface area is 150 Å². The Bertz CT molecular complexity index is 580. The fourth-order valence-electron chi connectivity index (χ4n) is 4.54. The molecular formula is C20H30N4O. The van der Waals surface area contributed by atoms with Gasteiger partial charge in [-0.1, -0.05) is 6.92 Å². The lowest BCUT2D eigenvalue weighted by Crippen LogP contribution is -2.34. The van der Waals surface area contributed by atoms with Crippen LogP contribution in [0, 0.1) is 17.8 Å². The molecule has 0 spiro atoms.